The Morgan fingerprint density at radius 1 is 1.35 bits per heavy atom. The van der Waals surface area contributed by atoms with Gasteiger partial charge in [-0.25, -0.2) is 0 Å². The highest BCUT2D eigenvalue weighted by Gasteiger charge is 2.22. The topological polar surface area (TPSA) is 64.4 Å². The molecule has 0 fully saturated rings. The zero-order valence-electron chi connectivity index (χ0n) is 16.1. The van der Waals surface area contributed by atoms with Gasteiger partial charge in [0.2, 0.25) is 5.91 Å². The van der Waals surface area contributed by atoms with Crippen LogP contribution in [0.4, 0.5) is 0 Å². The molecule has 141 valence electrons. The van der Waals surface area contributed by atoms with Crippen LogP contribution in [0, 0.1) is 12.8 Å². The maximum atomic E-state index is 12.7. The molecular weight excluding hydrogens is 330 g/mol. The number of hydrogen-bond acceptors (Lipinski definition) is 4. The van der Waals surface area contributed by atoms with E-state index in [2.05, 4.69) is 12.0 Å². The van der Waals surface area contributed by atoms with E-state index in [0.29, 0.717) is 24.5 Å². The number of fused-ring (bicyclic) bond motifs is 1. The summed E-state index contributed by atoms with van der Waals surface area (Å²) in [5.41, 5.74) is 1.14. The Morgan fingerprint density at radius 2 is 2.08 bits per heavy atom. The Morgan fingerprint density at radius 3 is 2.65 bits per heavy atom. The van der Waals surface area contributed by atoms with Gasteiger partial charge < -0.3 is 9.64 Å². The summed E-state index contributed by atoms with van der Waals surface area (Å²) in [7, 11) is 1.59. The average Bonchev–Trinajstić information content (AvgIpc) is 2.99. The van der Waals surface area contributed by atoms with E-state index in [1.54, 1.807) is 22.8 Å². The number of rotatable bonds is 9. The fourth-order valence-corrected chi connectivity index (χ4v) is 2.85. The maximum Gasteiger partial charge on any atom is 0.244 e. The predicted molar refractivity (Wildman–Crippen MR) is 102 cm³/mol. The molecule has 26 heavy (non-hydrogen) atoms. The lowest BCUT2D eigenvalue weighted by Gasteiger charge is -2.20. The number of hydrogen-bond donors (Lipinski definition) is 0. The van der Waals surface area contributed by atoms with Crippen LogP contribution in [0.15, 0.2) is 18.2 Å². The number of Topliss-reactive ketones (excluding diaryl/α,β-unsaturated/α-hetero) is 1. The zero-order chi connectivity index (χ0) is 19.3. The second-order valence-corrected chi connectivity index (χ2v) is 6.59. The van der Waals surface area contributed by atoms with Crippen LogP contribution in [0.5, 0.6) is 5.75 Å². The van der Waals surface area contributed by atoms with E-state index in [1.807, 2.05) is 32.9 Å². The van der Waals surface area contributed by atoms with Crippen molar-refractivity contribution in [2.24, 2.45) is 5.92 Å². The number of aromatic nitrogens is 2. The van der Waals surface area contributed by atoms with E-state index in [9.17, 15) is 9.59 Å². The summed E-state index contributed by atoms with van der Waals surface area (Å²) in [6.45, 7) is 10.9. The Balaban J connectivity index is 2.42. The monoisotopic (exact) mass is 358 g/mol. The predicted octanol–water partition coefficient (Wildman–Crippen LogP) is 3.35. The molecule has 6 nitrogen and oxygen atoms in total. The van der Waals surface area contributed by atoms with E-state index in [1.165, 1.54) is 0 Å². The van der Waals surface area contributed by atoms with Crippen LogP contribution in [0.1, 0.15) is 44.1 Å². The maximum absolute atomic E-state index is 12.7. The Hall–Kier alpha value is -2.37. The van der Waals surface area contributed by atoms with Crippen LogP contribution in [0.25, 0.3) is 10.9 Å². The quantitative estimate of drug-likeness (QED) is 0.645. The van der Waals surface area contributed by atoms with Gasteiger partial charge in [0, 0.05) is 30.5 Å². The molecule has 0 saturated carbocycles. The van der Waals surface area contributed by atoms with Crippen molar-refractivity contribution in [3.63, 3.8) is 0 Å². The van der Waals surface area contributed by atoms with Crippen LogP contribution in [-0.2, 0) is 11.3 Å². The van der Waals surface area contributed by atoms with Gasteiger partial charge in [0.1, 0.15) is 18.0 Å². The second-order valence-electron chi connectivity index (χ2n) is 6.59. The smallest absolute Gasteiger partial charge is 0.244 e. The van der Waals surface area contributed by atoms with Crippen molar-refractivity contribution in [1.82, 2.24) is 14.7 Å². The molecule has 1 heterocycles. The third-order valence-electron chi connectivity index (χ3n) is 4.41. The lowest BCUT2D eigenvalue weighted by Crippen LogP contribution is -2.34. The number of likely N-dealkylation sites (N-methyl/N-ethyl adjacent to an activating group) is 1. The molecule has 0 bridgehead atoms. The molecule has 1 aromatic heterocycles. The third-order valence-corrected chi connectivity index (χ3v) is 4.41. The summed E-state index contributed by atoms with van der Waals surface area (Å²) in [5.74, 6) is 0.454. The van der Waals surface area contributed by atoms with Gasteiger partial charge >= 0.3 is 0 Å². The molecule has 0 aliphatic carbocycles. The Kier molecular flexibility index (Phi) is 6.77. The lowest BCUT2D eigenvalue weighted by molar-refractivity contribution is -0.131. The van der Waals surface area contributed by atoms with Crippen LogP contribution < -0.4 is 4.74 Å². The molecule has 0 N–H and O–H groups in total. The van der Waals surface area contributed by atoms with Gasteiger partial charge in [-0.3, -0.25) is 14.3 Å². The summed E-state index contributed by atoms with van der Waals surface area (Å²) >= 11 is 0. The van der Waals surface area contributed by atoms with Crippen molar-refractivity contribution < 1.29 is 14.3 Å². The van der Waals surface area contributed by atoms with E-state index >= 15 is 0 Å². The van der Waals surface area contributed by atoms with Crippen molar-refractivity contribution in [2.45, 2.75) is 40.2 Å². The molecule has 2 rings (SSSR count). The van der Waals surface area contributed by atoms with Gasteiger partial charge in [-0.15, -0.1) is 0 Å². The first-order valence-electron chi connectivity index (χ1n) is 9.08. The molecular formula is C20H28N3O3. The van der Waals surface area contributed by atoms with Gasteiger partial charge in [-0.2, -0.15) is 5.10 Å². The molecule has 1 radical (unpaired) electrons. The van der Waals surface area contributed by atoms with E-state index in [0.717, 1.165) is 23.7 Å². The number of methoxy groups -OCH3 is 1. The minimum absolute atomic E-state index is 0.0169. The second kappa shape index (κ2) is 8.83. The first kappa shape index (κ1) is 19.9. The molecule has 6 heteroatoms. The van der Waals surface area contributed by atoms with Gasteiger partial charge in [0.25, 0.3) is 0 Å². The lowest BCUT2D eigenvalue weighted by atomic mass is 10.0. The highest BCUT2D eigenvalue weighted by atomic mass is 16.5. The zero-order valence-corrected chi connectivity index (χ0v) is 16.1. The van der Waals surface area contributed by atoms with Crippen molar-refractivity contribution >= 4 is 22.6 Å². The molecule has 0 unspecified atom stereocenters. The number of amides is 1. The van der Waals surface area contributed by atoms with Gasteiger partial charge in [0.05, 0.1) is 12.6 Å². The molecule has 0 spiro atoms. The van der Waals surface area contributed by atoms with Crippen LogP contribution in [0.2, 0.25) is 0 Å². The summed E-state index contributed by atoms with van der Waals surface area (Å²) in [6.07, 6.45) is 1.66. The minimum atomic E-state index is -0.163. The molecule has 0 aliphatic rings. The Labute approximate surface area is 155 Å². The number of nitrogens with zero attached hydrogens (tertiary/aromatic N) is 3. The fraction of sp³-hybridized carbons (Fsp3) is 0.500. The summed E-state index contributed by atoms with van der Waals surface area (Å²) in [5, 5.41) is 5.22. The van der Waals surface area contributed by atoms with Crippen molar-refractivity contribution in [3.8, 4) is 5.75 Å². The highest BCUT2D eigenvalue weighted by molar-refractivity contribution is 6.07. The van der Waals surface area contributed by atoms with E-state index < -0.39 is 0 Å². The first-order valence-corrected chi connectivity index (χ1v) is 9.08. The van der Waals surface area contributed by atoms with Crippen molar-refractivity contribution in [2.75, 3.05) is 20.2 Å². The largest absolute Gasteiger partial charge is 0.497 e. The number of carbonyl (C=O) groups is 2. The normalized spacial score (nSPS) is 11.2. The van der Waals surface area contributed by atoms with Gasteiger partial charge in [-0.1, -0.05) is 27.2 Å². The van der Waals surface area contributed by atoms with Crippen LogP contribution >= 0.6 is 0 Å². The van der Waals surface area contributed by atoms with Crippen LogP contribution in [-0.4, -0.2) is 46.6 Å². The van der Waals surface area contributed by atoms with E-state index in [4.69, 9.17) is 4.74 Å². The molecule has 1 aromatic carbocycles. The molecule has 1 amide bonds. The van der Waals surface area contributed by atoms with Gasteiger partial charge in [-0.05, 0) is 25.5 Å². The number of ketones is 1. The molecule has 0 atom stereocenters. The average molecular weight is 358 g/mol. The first-order chi connectivity index (χ1) is 12.4. The minimum Gasteiger partial charge on any atom is -0.497 e. The van der Waals surface area contributed by atoms with Crippen LogP contribution in [0.3, 0.4) is 0 Å². The molecule has 0 aliphatic heterocycles. The standard InChI is InChI=1S/C20H28N3O3/c1-6-8-11-22(7-2)18(24)13-23-17-12-15(26-5)9-10-16(17)19(21-23)20(25)14(3)4/h9-10,12,14H,1,6-8,11,13H2,2-5H3. The summed E-state index contributed by atoms with van der Waals surface area (Å²) < 4.78 is 6.91. The molecule has 0 saturated heterocycles. The SMILES string of the molecule is [CH2]CCCN(CC)C(=O)Cn1nc(C(=O)C(C)C)c2ccc(OC)cc21. The summed E-state index contributed by atoms with van der Waals surface area (Å²) in [6, 6.07) is 5.46. The fourth-order valence-electron chi connectivity index (χ4n) is 2.85. The number of carbonyl (C=O) groups excluding carboxylic acids is 2. The van der Waals surface area contributed by atoms with E-state index in [-0.39, 0.29) is 24.2 Å². The number of unbranched alkanes of at least 4 members (excludes halogenated alkanes) is 1. The third kappa shape index (κ3) is 4.23. The van der Waals surface area contributed by atoms with Gasteiger partial charge in [0.15, 0.2) is 5.78 Å². The van der Waals surface area contributed by atoms with Crippen molar-refractivity contribution in [3.05, 3.63) is 30.8 Å². The summed E-state index contributed by atoms with van der Waals surface area (Å²) in [4.78, 5) is 27.0. The number of benzene rings is 1. The number of ether oxygens (including phenoxy) is 1. The highest BCUT2D eigenvalue weighted by Crippen LogP contribution is 2.25. The Bertz CT molecular complexity index is 780. The van der Waals surface area contributed by atoms with Crippen molar-refractivity contribution in [1.29, 1.82) is 0 Å². The molecule has 2 aromatic rings.